The minimum atomic E-state index is 0.136. The average Bonchev–Trinajstić information content (AvgIpc) is 3.66. The standard InChI is InChI=1S/C27H27ClN6O/c28-15-23-16-30-25(21-10-7-18-4-1-2-5-20(18)14-21)34(23)24-11-12-29-27(32-24)31-22-6-3-13-33(17-22)26(35)19-8-9-19/h1-2,4-5,7,10-12,14,16,19,22H,3,6,8-9,13,15,17H2,(H,29,31,32)/t22-/m0/s1. The van der Waals surface area contributed by atoms with E-state index >= 15 is 0 Å². The molecule has 1 aliphatic carbocycles. The Bertz CT molecular complexity index is 1380. The summed E-state index contributed by atoms with van der Waals surface area (Å²) in [6, 6.07) is 16.6. The molecule has 4 aromatic rings. The molecule has 0 unspecified atom stereocenters. The van der Waals surface area contributed by atoms with E-state index in [4.69, 9.17) is 21.6 Å². The number of nitrogens with zero attached hydrogens (tertiary/aromatic N) is 5. The lowest BCUT2D eigenvalue weighted by atomic mass is 10.1. The highest BCUT2D eigenvalue weighted by molar-refractivity contribution is 6.17. The maximum Gasteiger partial charge on any atom is 0.225 e. The molecule has 3 heterocycles. The molecule has 0 bridgehead atoms. The number of fused-ring (bicyclic) bond motifs is 1. The number of alkyl halides is 1. The summed E-state index contributed by atoms with van der Waals surface area (Å²) < 4.78 is 1.99. The van der Waals surface area contributed by atoms with Gasteiger partial charge in [-0.15, -0.1) is 11.6 Å². The summed E-state index contributed by atoms with van der Waals surface area (Å²) in [5.74, 6) is 2.91. The zero-order valence-corrected chi connectivity index (χ0v) is 20.2. The molecule has 1 saturated heterocycles. The van der Waals surface area contributed by atoms with E-state index in [1.807, 2.05) is 27.7 Å². The summed E-state index contributed by atoms with van der Waals surface area (Å²) in [6.07, 6.45) is 7.60. The minimum Gasteiger partial charge on any atom is -0.350 e. The molecule has 2 aromatic carbocycles. The van der Waals surface area contributed by atoms with E-state index in [1.54, 1.807) is 12.4 Å². The van der Waals surface area contributed by atoms with Crippen molar-refractivity contribution in [1.82, 2.24) is 24.4 Å². The molecule has 2 aromatic heterocycles. The number of carbonyl (C=O) groups excluding carboxylic acids is 1. The van der Waals surface area contributed by atoms with Crippen LogP contribution in [0.3, 0.4) is 0 Å². The summed E-state index contributed by atoms with van der Waals surface area (Å²) in [7, 11) is 0. The van der Waals surface area contributed by atoms with E-state index in [1.165, 1.54) is 5.39 Å². The van der Waals surface area contributed by atoms with Crippen LogP contribution in [0.4, 0.5) is 5.95 Å². The van der Waals surface area contributed by atoms with Gasteiger partial charge < -0.3 is 10.2 Å². The number of imidazole rings is 1. The number of benzene rings is 2. The van der Waals surface area contributed by atoms with E-state index < -0.39 is 0 Å². The minimum absolute atomic E-state index is 0.136. The zero-order valence-electron chi connectivity index (χ0n) is 19.4. The predicted molar refractivity (Wildman–Crippen MR) is 138 cm³/mol. The first kappa shape index (κ1) is 22.0. The first-order chi connectivity index (χ1) is 17.2. The number of amides is 1. The van der Waals surface area contributed by atoms with Crippen molar-refractivity contribution in [2.45, 2.75) is 37.6 Å². The van der Waals surface area contributed by atoms with Crippen LogP contribution in [-0.4, -0.2) is 49.5 Å². The molecule has 8 heteroatoms. The Balaban J connectivity index is 1.29. The molecule has 1 aliphatic heterocycles. The van der Waals surface area contributed by atoms with Gasteiger partial charge in [0.05, 0.1) is 17.8 Å². The van der Waals surface area contributed by atoms with Crippen LogP contribution in [0, 0.1) is 5.92 Å². The van der Waals surface area contributed by atoms with Gasteiger partial charge in [-0.05, 0) is 48.6 Å². The lowest BCUT2D eigenvalue weighted by molar-refractivity contribution is -0.133. The van der Waals surface area contributed by atoms with Crippen molar-refractivity contribution in [3.63, 3.8) is 0 Å². The third-order valence-corrected chi connectivity index (χ3v) is 7.12. The smallest absolute Gasteiger partial charge is 0.225 e. The van der Waals surface area contributed by atoms with Gasteiger partial charge in [0, 0.05) is 36.8 Å². The van der Waals surface area contributed by atoms with Crippen LogP contribution < -0.4 is 5.32 Å². The number of nitrogens with one attached hydrogen (secondary N) is 1. The van der Waals surface area contributed by atoms with Crippen LogP contribution >= 0.6 is 11.6 Å². The van der Waals surface area contributed by atoms with E-state index in [9.17, 15) is 4.79 Å². The molecule has 1 amide bonds. The summed E-state index contributed by atoms with van der Waals surface area (Å²) in [5, 5.41) is 5.80. The van der Waals surface area contributed by atoms with Gasteiger partial charge in [0.25, 0.3) is 0 Å². The van der Waals surface area contributed by atoms with Gasteiger partial charge in [0.1, 0.15) is 11.6 Å². The fourth-order valence-corrected chi connectivity index (χ4v) is 5.07. The molecular formula is C27H27ClN6O. The summed E-state index contributed by atoms with van der Waals surface area (Å²) in [4.78, 5) is 28.5. The van der Waals surface area contributed by atoms with Crippen LogP contribution in [-0.2, 0) is 10.7 Å². The highest BCUT2D eigenvalue weighted by Gasteiger charge is 2.35. The number of hydrogen-bond donors (Lipinski definition) is 1. The first-order valence-corrected chi connectivity index (χ1v) is 12.7. The molecule has 6 rings (SSSR count). The molecule has 1 atom stereocenters. The van der Waals surface area contributed by atoms with E-state index in [0.717, 1.165) is 54.7 Å². The summed E-state index contributed by atoms with van der Waals surface area (Å²) in [5.41, 5.74) is 1.85. The Morgan fingerprint density at radius 2 is 1.91 bits per heavy atom. The largest absolute Gasteiger partial charge is 0.350 e. The number of rotatable bonds is 6. The SMILES string of the molecule is O=C(C1CC1)N1CCC[C@H](Nc2nccc(-n3c(CCl)cnc3-c3ccc4ccccc4c3)n2)C1. The van der Waals surface area contributed by atoms with Crippen molar-refractivity contribution in [1.29, 1.82) is 0 Å². The molecule has 2 fully saturated rings. The van der Waals surface area contributed by atoms with Crippen molar-refractivity contribution in [2.24, 2.45) is 5.92 Å². The third kappa shape index (κ3) is 4.48. The molecule has 0 spiro atoms. The fourth-order valence-electron chi connectivity index (χ4n) is 4.88. The molecular weight excluding hydrogens is 460 g/mol. The Labute approximate surface area is 209 Å². The number of aromatic nitrogens is 4. The van der Waals surface area contributed by atoms with Gasteiger partial charge >= 0.3 is 0 Å². The first-order valence-electron chi connectivity index (χ1n) is 12.2. The van der Waals surface area contributed by atoms with Gasteiger partial charge in [-0.25, -0.2) is 9.97 Å². The number of halogens is 1. The van der Waals surface area contributed by atoms with Crippen LogP contribution in [0.5, 0.6) is 0 Å². The van der Waals surface area contributed by atoms with E-state index in [-0.39, 0.29) is 12.0 Å². The number of likely N-dealkylation sites (tertiary alicyclic amines) is 1. The second-order valence-electron chi connectivity index (χ2n) is 9.38. The van der Waals surface area contributed by atoms with Crippen molar-refractivity contribution >= 4 is 34.2 Å². The lowest BCUT2D eigenvalue weighted by Crippen LogP contribution is -2.45. The van der Waals surface area contributed by atoms with Crippen LogP contribution in [0.15, 0.2) is 60.9 Å². The Morgan fingerprint density at radius 3 is 2.74 bits per heavy atom. The number of piperidine rings is 1. The maximum atomic E-state index is 12.5. The van der Waals surface area contributed by atoms with Gasteiger partial charge in [-0.3, -0.25) is 9.36 Å². The third-order valence-electron chi connectivity index (χ3n) is 6.84. The summed E-state index contributed by atoms with van der Waals surface area (Å²) in [6.45, 7) is 1.54. The van der Waals surface area contributed by atoms with Crippen molar-refractivity contribution in [2.75, 3.05) is 18.4 Å². The molecule has 1 saturated carbocycles. The Kier molecular flexibility index (Phi) is 5.86. The molecule has 178 valence electrons. The van der Waals surface area contributed by atoms with Crippen LogP contribution in [0.25, 0.3) is 28.0 Å². The van der Waals surface area contributed by atoms with E-state index in [2.05, 4.69) is 40.6 Å². The normalized spacial score (nSPS) is 18.1. The molecule has 35 heavy (non-hydrogen) atoms. The van der Waals surface area contributed by atoms with Gasteiger partial charge in [0.15, 0.2) is 0 Å². The van der Waals surface area contributed by atoms with Crippen molar-refractivity contribution in [3.05, 3.63) is 66.6 Å². The van der Waals surface area contributed by atoms with Crippen molar-refractivity contribution < 1.29 is 4.79 Å². The number of carbonyl (C=O) groups is 1. The molecule has 0 radical (unpaired) electrons. The molecule has 2 aliphatic rings. The lowest BCUT2D eigenvalue weighted by Gasteiger charge is -2.33. The second-order valence-corrected chi connectivity index (χ2v) is 9.65. The quantitative estimate of drug-likeness (QED) is 0.387. The van der Waals surface area contributed by atoms with E-state index in [0.29, 0.717) is 30.1 Å². The molecule has 1 N–H and O–H groups in total. The highest BCUT2D eigenvalue weighted by atomic mass is 35.5. The Morgan fingerprint density at radius 1 is 1.06 bits per heavy atom. The van der Waals surface area contributed by atoms with Crippen LogP contribution in [0.2, 0.25) is 0 Å². The second kappa shape index (κ2) is 9.30. The monoisotopic (exact) mass is 486 g/mol. The summed E-state index contributed by atoms with van der Waals surface area (Å²) >= 11 is 6.29. The topological polar surface area (TPSA) is 75.9 Å². The fraction of sp³-hybridized carbons (Fsp3) is 0.333. The molecule has 7 nitrogen and oxygen atoms in total. The Hall–Kier alpha value is -3.45. The number of hydrogen-bond acceptors (Lipinski definition) is 5. The van der Waals surface area contributed by atoms with Gasteiger partial charge in [-0.2, -0.15) is 4.98 Å². The van der Waals surface area contributed by atoms with Crippen LogP contribution in [0.1, 0.15) is 31.4 Å². The van der Waals surface area contributed by atoms with Crippen molar-refractivity contribution in [3.8, 4) is 17.2 Å². The van der Waals surface area contributed by atoms with Gasteiger partial charge in [-0.1, -0.05) is 36.4 Å². The maximum absolute atomic E-state index is 12.5. The average molecular weight is 487 g/mol. The number of anilines is 1. The predicted octanol–water partition coefficient (Wildman–Crippen LogP) is 5.03. The van der Waals surface area contributed by atoms with Gasteiger partial charge in [0.2, 0.25) is 11.9 Å². The highest BCUT2D eigenvalue weighted by Crippen LogP contribution is 2.32. The zero-order chi connectivity index (χ0) is 23.8.